The van der Waals surface area contributed by atoms with Gasteiger partial charge >= 0.3 is 0 Å². The van der Waals surface area contributed by atoms with Crippen molar-refractivity contribution in [3.05, 3.63) is 77.6 Å². The molecule has 4 rings (SSSR count). The maximum atomic E-state index is 13.5. The Labute approximate surface area is 175 Å². The van der Waals surface area contributed by atoms with E-state index in [0.29, 0.717) is 11.2 Å². The van der Waals surface area contributed by atoms with Gasteiger partial charge in [-0.1, -0.05) is 25.1 Å². The first-order chi connectivity index (χ1) is 14.5. The molecule has 0 fully saturated rings. The van der Waals surface area contributed by atoms with E-state index < -0.39 is 0 Å². The summed E-state index contributed by atoms with van der Waals surface area (Å²) in [6, 6.07) is 19.1. The van der Waals surface area contributed by atoms with Crippen LogP contribution < -0.4 is 9.64 Å². The van der Waals surface area contributed by atoms with Crippen molar-refractivity contribution in [1.29, 1.82) is 0 Å². The lowest BCUT2D eigenvalue weighted by Crippen LogP contribution is -2.26. The van der Waals surface area contributed by atoms with Gasteiger partial charge in [-0.3, -0.25) is 4.79 Å². The molecule has 0 aliphatic carbocycles. The zero-order valence-corrected chi connectivity index (χ0v) is 17.6. The number of pyridine rings is 1. The Morgan fingerprint density at radius 3 is 2.43 bits per heavy atom. The van der Waals surface area contributed by atoms with Crippen LogP contribution in [0.4, 0.5) is 5.69 Å². The number of fused-ring (bicyclic) bond motifs is 1. The SMILES string of the molecule is CCc1cc(C(=O)N(C)c2ccccc2)c2c(C)nn(-c3ccc(OC)cc3)c2n1. The first-order valence-corrected chi connectivity index (χ1v) is 9.90. The maximum absolute atomic E-state index is 13.5. The number of hydrogen-bond donors (Lipinski definition) is 0. The van der Waals surface area contributed by atoms with E-state index in [1.54, 1.807) is 23.7 Å². The monoisotopic (exact) mass is 400 g/mol. The molecule has 4 aromatic rings. The Bertz CT molecular complexity index is 1200. The van der Waals surface area contributed by atoms with E-state index in [2.05, 4.69) is 0 Å². The quantitative estimate of drug-likeness (QED) is 0.492. The first-order valence-electron chi connectivity index (χ1n) is 9.90. The van der Waals surface area contributed by atoms with Crippen LogP contribution in [-0.4, -0.2) is 34.8 Å². The smallest absolute Gasteiger partial charge is 0.258 e. The molecule has 0 bridgehead atoms. The zero-order chi connectivity index (χ0) is 21.3. The van der Waals surface area contributed by atoms with Crippen molar-refractivity contribution < 1.29 is 9.53 Å². The number of ether oxygens (including phenoxy) is 1. The van der Waals surface area contributed by atoms with Gasteiger partial charge in [0.2, 0.25) is 0 Å². The van der Waals surface area contributed by atoms with Gasteiger partial charge in [-0.25, -0.2) is 9.67 Å². The summed E-state index contributed by atoms with van der Waals surface area (Å²) in [4.78, 5) is 19.9. The van der Waals surface area contributed by atoms with Gasteiger partial charge < -0.3 is 9.64 Å². The van der Waals surface area contributed by atoms with Crippen LogP contribution in [0.3, 0.4) is 0 Å². The highest BCUT2D eigenvalue weighted by Gasteiger charge is 2.23. The zero-order valence-electron chi connectivity index (χ0n) is 17.6. The van der Waals surface area contributed by atoms with Gasteiger partial charge in [-0.15, -0.1) is 0 Å². The molecule has 2 aromatic carbocycles. The van der Waals surface area contributed by atoms with Gasteiger partial charge in [0, 0.05) is 18.4 Å². The van der Waals surface area contributed by atoms with Gasteiger partial charge in [-0.2, -0.15) is 5.10 Å². The van der Waals surface area contributed by atoms with Crippen LogP contribution in [0.5, 0.6) is 5.75 Å². The predicted octanol–water partition coefficient (Wildman–Crippen LogP) is 4.58. The second-order valence-corrected chi connectivity index (χ2v) is 7.11. The molecule has 1 amide bonds. The molecule has 2 heterocycles. The maximum Gasteiger partial charge on any atom is 0.258 e. The Hall–Kier alpha value is -3.67. The van der Waals surface area contributed by atoms with Gasteiger partial charge in [0.15, 0.2) is 5.65 Å². The van der Waals surface area contributed by atoms with E-state index in [-0.39, 0.29) is 5.91 Å². The van der Waals surface area contributed by atoms with Gasteiger partial charge in [0.1, 0.15) is 5.75 Å². The lowest BCUT2D eigenvalue weighted by molar-refractivity contribution is 0.0994. The number of methoxy groups -OCH3 is 1. The Morgan fingerprint density at radius 2 is 1.80 bits per heavy atom. The normalized spacial score (nSPS) is 10.9. The van der Waals surface area contributed by atoms with Crippen molar-refractivity contribution in [3.63, 3.8) is 0 Å². The van der Waals surface area contributed by atoms with Crippen LogP contribution in [0.1, 0.15) is 28.7 Å². The summed E-state index contributed by atoms with van der Waals surface area (Å²) in [5, 5.41) is 5.48. The molecule has 2 aromatic heterocycles. The van der Waals surface area contributed by atoms with E-state index in [0.717, 1.165) is 40.3 Å². The number of anilines is 1. The molecule has 152 valence electrons. The number of para-hydroxylation sites is 1. The van der Waals surface area contributed by atoms with Gasteiger partial charge in [-0.05, 0) is 55.8 Å². The molecule has 0 unspecified atom stereocenters. The van der Waals surface area contributed by atoms with Crippen molar-refractivity contribution in [2.75, 3.05) is 19.1 Å². The van der Waals surface area contributed by atoms with Crippen LogP contribution in [0.2, 0.25) is 0 Å². The molecular weight excluding hydrogens is 376 g/mol. The Kier molecular flexibility index (Phi) is 5.23. The lowest BCUT2D eigenvalue weighted by Gasteiger charge is -2.18. The summed E-state index contributed by atoms with van der Waals surface area (Å²) in [5.41, 5.74) is 4.61. The highest BCUT2D eigenvalue weighted by molar-refractivity contribution is 6.13. The van der Waals surface area contributed by atoms with Crippen LogP contribution in [0, 0.1) is 6.92 Å². The number of aromatic nitrogens is 3. The summed E-state index contributed by atoms with van der Waals surface area (Å²) in [6.45, 7) is 3.94. The van der Waals surface area contributed by atoms with E-state index in [9.17, 15) is 4.79 Å². The van der Waals surface area contributed by atoms with Crippen LogP contribution in [0.25, 0.3) is 16.7 Å². The predicted molar refractivity (Wildman–Crippen MR) is 119 cm³/mol. The van der Waals surface area contributed by atoms with Crippen molar-refractivity contribution in [2.24, 2.45) is 0 Å². The average Bonchev–Trinajstić information content (AvgIpc) is 3.14. The third kappa shape index (κ3) is 3.41. The third-order valence-electron chi connectivity index (χ3n) is 5.22. The minimum absolute atomic E-state index is 0.0827. The molecule has 0 atom stereocenters. The average molecular weight is 400 g/mol. The molecule has 0 N–H and O–H groups in total. The summed E-state index contributed by atoms with van der Waals surface area (Å²) in [5.74, 6) is 0.690. The number of nitrogens with zero attached hydrogens (tertiary/aromatic N) is 4. The second kappa shape index (κ2) is 7.99. The lowest BCUT2D eigenvalue weighted by atomic mass is 10.1. The Morgan fingerprint density at radius 1 is 1.10 bits per heavy atom. The second-order valence-electron chi connectivity index (χ2n) is 7.11. The highest BCUT2D eigenvalue weighted by atomic mass is 16.5. The molecule has 0 saturated heterocycles. The van der Waals surface area contributed by atoms with Crippen molar-refractivity contribution in [1.82, 2.24) is 14.8 Å². The Balaban J connectivity index is 1.88. The largest absolute Gasteiger partial charge is 0.497 e. The molecular formula is C24H24N4O2. The molecule has 0 spiro atoms. The number of amides is 1. The van der Waals surface area contributed by atoms with Gasteiger partial charge in [0.25, 0.3) is 5.91 Å². The molecule has 6 nitrogen and oxygen atoms in total. The fraction of sp³-hybridized carbons (Fsp3) is 0.208. The minimum Gasteiger partial charge on any atom is -0.497 e. The molecule has 30 heavy (non-hydrogen) atoms. The molecule has 0 aliphatic heterocycles. The minimum atomic E-state index is -0.0827. The summed E-state index contributed by atoms with van der Waals surface area (Å²) in [7, 11) is 3.43. The number of aryl methyl sites for hydroxylation is 2. The van der Waals surface area contributed by atoms with E-state index in [4.69, 9.17) is 14.8 Å². The first kappa shape index (κ1) is 19.6. The summed E-state index contributed by atoms with van der Waals surface area (Å²) in [6.07, 6.45) is 0.720. The topological polar surface area (TPSA) is 60.2 Å². The number of rotatable bonds is 5. The van der Waals surface area contributed by atoms with E-state index in [1.165, 1.54) is 0 Å². The number of carbonyl (C=O) groups excluding carboxylic acids is 1. The molecule has 0 saturated carbocycles. The fourth-order valence-electron chi connectivity index (χ4n) is 3.54. The summed E-state index contributed by atoms with van der Waals surface area (Å²) < 4.78 is 7.05. The standard InChI is InChI=1S/C24H24N4O2/c1-5-17-15-21(24(29)27(3)18-9-7-6-8-10-18)22-16(2)26-28(23(22)25-17)19-11-13-20(30-4)14-12-19/h6-15H,5H2,1-4H3. The third-order valence-corrected chi connectivity index (χ3v) is 5.22. The van der Waals surface area contributed by atoms with Crippen molar-refractivity contribution >= 4 is 22.6 Å². The number of benzene rings is 2. The molecule has 0 radical (unpaired) electrons. The highest BCUT2D eigenvalue weighted by Crippen LogP contribution is 2.28. The van der Waals surface area contributed by atoms with Crippen molar-refractivity contribution in [3.8, 4) is 11.4 Å². The summed E-state index contributed by atoms with van der Waals surface area (Å²) >= 11 is 0. The van der Waals surface area contributed by atoms with Crippen LogP contribution in [-0.2, 0) is 6.42 Å². The molecule has 6 heteroatoms. The van der Waals surface area contributed by atoms with E-state index >= 15 is 0 Å². The van der Waals surface area contributed by atoms with Crippen LogP contribution in [0.15, 0.2) is 60.7 Å². The van der Waals surface area contributed by atoms with E-state index in [1.807, 2.05) is 74.5 Å². The van der Waals surface area contributed by atoms with Crippen LogP contribution >= 0.6 is 0 Å². The number of carbonyl (C=O) groups is 1. The molecule has 0 aliphatic rings. The fourth-order valence-corrected chi connectivity index (χ4v) is 3.54. The van der Waals surface area contributed by atoms with Crippen molar-refractivity contribution in [2.45, 2.75) is 20.3 Å². The van der Waals surface area contributed by atoms with Gasteiger partial charge in [0.05, 0.1) is 29.4 Å². The number of hydrogen-bond acceptors (Lipinski definition) is 4.